The molecular formula is C22H26N6O4. The summed E-state index contributed by atoms with van der Waals surface area (Å²) in [6, 6.07) is 2.21. The van der Waals surface area contributed by atoms with Crippen molar-refractivity contribution in [2.24, 2.45) is 17.8 Å². The second kappa shape index (κ2) is 7.28. The molecule has 4 aliphatic rings. The van der Waals surface area contributed by atoms with Gasteiger partial charge in [0.15, 0.2) is 0 Å². The van der Waals surface area contributed by atoms with Gasteiger partial charge in [0.05, 0.1) is 23.5 Å². The van der Waals surface area contributed by atoms with E-state index in [9.17, 15) is 9.90 Å². The molecule has 2 atom stereocenters. The van der Waals surface area contributed by atoms with Crippen molar-refractivity contribution in [2.45, 2.75) is 43.7 Å². The van der Waals surface area contributed by atoms with Crippen molar-refractivity contribution >= 4 is 22.6 Å². The van der Waals surface area contributed by atoms with E-state index in [-0.39, 0.29) is 30.9 Å². The fourth-order valence-electron chi connectivity index (χ4n) is 6.38. The molecule has 3 aromatic rings. The summed E-state index contributed by atoms with van der Waals surface area (Å²) < 4.78 is 5.43. The van der Waals surface area contributed by atoms with E-state index < -0.39 is 11.5 Å². The van der Waals surface area contributed by atoms with Gasteiger partial charge in [-0.1, -0.05) is 5.16 Å². The van der Waals surface area contributed by atoms with Crippen LogP contribution < -0.4 is 10.6 Å². The minimum absolute atomic E-state index is 0.0922. The molecule has 0 aromatic carbocycles. The molecule has 168 valence electrons. The molecule has 4 fully saturated rings. The molecule has 1 amide bonds. The number of carbonyl (C=O) groups is 1. The Hall–Kier alpha value is -2.98. The van der Waals surface area contributed by atoms with Gasteiger partial charge < -0.3 is 30.4 Å². The Morgan fingerprint density at radius 1 is 1.28 bits per heavy atom. The number of hydrogen-bond acceptors (Lipinski definition) is 8. The molecule has 3 aromatic heterocycles. The molecular weight excluding hydrogens is 412 g/mol. The lowest BCUT2D eigenvalue weighted by Gasteiger charge is -2.58. The molecule has 4 saturated carbocycles. The average molecular weight is 438 g/mol. The smallest absolute Gasteiger partial charge is 0.292 e. The first-order valence-electron chi connectivity index (χ1n) is 11.2. The minimum Gasteiger partial charge on any atom is -0.395 e. The fraction of sp³-hybridized carbons (Fsp3) is 0.545. The van der Waals surface area contributed by atoms with Gasteiger partial charge in [-0.2, -0.15) is 4.98 Å². The number of pyridine rings is 1. The zero-order valence-electron chi connectivity index (χ0n) is 17.5. The number of H-pyrrole nitrogens is 1. The van der Waals surface area contributed by atoms with Gasteiger partial charge in [0, 0.05) is 30.4 Å². The highest BCUT2D eigenvalue weighted by atomic mass is 16.5. The van der Waals surface area contributed by atoms with Gasteiger partial charge in [-0.25, -0.2) is 4.98 Å². The number of nitrogens with one attached hydrogen (secondary N) is 3. The Labute approximate surface area is 183 Å². The third-order valence-electron chi connectivity index (χ3n) is 7.40. The van der Waals surface area contributed by atoms with Crippen molar-refractivity contribution in [3.8, 4) is 11.5 Å². The maximum atomic E-state index is 12.2. The van der Waals surface area contributed by atoms with E-state index in [1.807, 2.05) is 12.3 Å². The molecule has 7 rings (SSSR count). The number of amides is 1. The van der Waals surface area contributed by atoms with Crippen LogP contribution in [-0.4, -0.2) is 61.0 Å². The SMILES string of the molecule is O=C(NCCO)c1noc(-c2cnc3[nH]ccc3c2NC2C3CC4CC2CC(O)(C4)C3)n1. The number of aliphatic hydroxyl groups is 2. The van der Waals surface area contributed by atoms with Crippen LogP contribution in [-0.2, 0) is 0 Å². The number of carbonyl (C=O) groups excluding carboxylic acids is 1. The molecule has 0 aliphatic heterocycles. The van der Waals surface area contributed by atoms with Crippen LogP contribution in [0.15, 0.2) is 23.0 Å². The van der Waals surface area contributed by atoms with E-state index in [2.05, 4.69) is 30.7 Å². The second-order valence-corrected chi connectivity index (χ2v) is 9.55. The maximum Gasteiger partial charge on any atom is 0.292 e. The van der Waals surface area contributed by atoms with Gasteiger partial charge in [-0.05, 0) is 55.9 Å². The number of aliphatic hydroxyl groups excluding tert-OH is 1. The zero-order valence-corrected chi connectivity index (χ0v) is 17.5. The number of hydrogen-bond donors (Lipinski definition) is 5. The predicted molar refractivity (Wildman–Crippen MR) is 115 cm³/mol. The number of rotatable bonds is 6. The summed E-state index contributed by atoms with van der Waals surface area (Å²) in [7, 11) is 0. The van der Waals surface area contributed by atoms with E-state index in [1.54, 1.807) is 6.20 Å². The first-order valence-corrected chi connectivity index (χ1v) is 11.2. The van der Waals surface area contributed by atoms with E-state index in [1.165, 1.54) is 0 Å². The van der Waals surface area contributed by atoms with E-state index >= 15 is 0 Å². The monoisotopic (exact) mass is 438 g/mol. The van der Waals surface area contributed by atoms with Crippen LogP contribution in [0.25, 0.3) is 22.5 Å². The average Bonchev–Trinajstić information content (AvgIpc) is 3.43. The summed E-state index contributed by atoms with van der Waals surface area (Å²) in [6.07, 6.45) is 8.42. The Balaban J connectivity index is 1.35. The fourth-order valence-corrected chi connectivity index (χ4v) is 6.38. The summed E-state index contributed by atoms with van der Waals surface area (Å²) >= 11 is 0. The standard InChI is InChI=1S/C22H26N6O4/c29-4-3-24-20(30)19-27-21(32-28-19)15-10-25-18-14(1-2-23-18)17(15)26-16-12-5-11-6-13(16)9-22(31,7-11)8-12/h1-2,10-13,16,29,31H,3-9H2,(H,24,30)(H2,23,25,26). The number of anilines is 1. The van der Waals surface area contributed by atoms with Gasteiger partial charge in [0.1, 0.15) is 5.65 Å². The highest BCUT2D eigenvalue weighted by molar-refractivity contribution is 5.97. The summed E-state index contributed by atoms with van der Waals surface area (Å²) in [5, 5.41) is 30.9. The summed E-state index contributed by atoms with van der Waals surface area (Å²) in [4.78, 5) is 24.1. The molecule has 10 nitrogen and oxygen atoms in total. The Morgan fingerprint density at radius 2 is 2.09 bits per heavy atom. The quantitative estimate of drug-likeness (QED) is 0.390. The third kappa shape index (κ3) is 3.17. The summed E-state index contributed by atoms with van der Waals surface area (Å²) in [6.45, 7) is -0.0531. The van der Waals surface area contributed by atoms with Crippen LogP contribution in [0.4, 0.5) is 5.69 Å². The van der Waals surface area contributed by atoms with Gasteiger partial charge in [0.2, 0.25) is 0 Å². The Bertz CT molecular complexity index is 1160. The minimum atomic E-state index is -0.506. The molecule has 10 heteroatoms. The molecule has 2 unspecified atom stereocenters. The predicted octanol–water partition coefficient (Wildman–Crippen LogP) is 1.69. The van der Waals surface area contributed by atoms with E-state index in [0.29, 0.717) is 23.3 Å². The lowest BCUT2D eigenvalue weighted by molar-refractivity contribution is -0.129. The van der Waals surface area contributed by atoms with Crippen molar-refractivity contribution in [3.05, 3.63) is 24.3 Å². The van der Waals surface area contributed by atoms with Crippen molar-refractivity contribution in [1.82, 2.24) is 25.4 Å². The molecule has 3 heterocycles. The molecule has 4 bridgehead atoms. The first kappa shape index (κ1) is 19.7. The number of aromatic nitrogens is 4. The molecule has 0 saturated heterocycles. The third-order valence-corrected chi connectivity index (χ3v) is 7.40. The van der Waals surface area contributed by atoms with Crippen molar-refractivity contribution < 1.29 is 19.5 Å². The maximum absolute atomic E-state index is 12.2. The molecule has 4 aliphatic carbocycles. The van der Waals surface area contributed by atoms with Crippen LogP contribution in [0.2, 0.25) is 0 Å². The van der Waals surface area contributed by atoms with Gasteiger partial charge in [-0.3, -0.25) is 4.79 Å². The Morgan fingerprint density at radius 3 is 2.84 bits per heavy atom. The van der Waals surface area contributed by atoms with E-state index in [0.717, 1.165) is 48.8 Å². The largest absolute Gasteiger partial charge is 0.395 e. The van der Waals surface area contributed by atoms with Crippen LogP contribution in [0.3, 0.4) is 0 Å². The molecule has 0 radical (unpaired) electrons. The topological polar surface area (TPSA) is 149 Å². The van der Waals surface area contributed by atoms with Crippen molar-refractivity contribution in [1.29, 1.82) is 0 Å². The molecule has 32 heavy (non-hydrogen) atoms. The second-order valence-electron chi connectivity index (χ2n) is 9.55. The lowest BCUT2D eigenvalue weighted by atomic mass is 9.52. The van der Waals surface area contributed by atoms with Crippen LogP contribution >= 0.6 is 0 Å². The van der Waals surface area contributed by atoms with Crippen molar-refractivity contribution in [3.63, 3.8) is 0 Å². The first-order chi connectivity index (χ1) is 15.5. The number of nitrogens with zero attached hydrogens (tertiary/aromatic N) is 3. The normalized spacial score (nSPS) is 30.7. The summed E-state index contributed by atoms with van der Waals surface area (Å²) in [5.41, 5.74) is 1.74. The van der Waals surface area contributed by atoms with Crippen molar-refractivity contribution in [2.75, 3.05) is 18.5 Å². The Kier molecular flexibility index (Phi) is 4.48. The van der Waals surface area contributed by atoms with Crippen LogP contribution in [0.5, 0.6) is 0 Å². The van der Waals surface area contributed by atoms with Gasteiger partial charge in [-0.15, -0.1) is 0 Å². The molecule has 5 N–H and O–H groups in total. The number of fused-ring (bicyclic) bond motifs is 1. The van der Waals surface area contributed by atoms with E-state index in [4.69, 9.17) is 9.63 Å². The van der Waals surface area contributed by atoms with Crippen LogP contribution in [0.1, 0.15) is 42.7 Å². The number of aromatic amines is 1. The van der Waals surface area contributed by atoms with Gasteiger partial charge >= 0.3 is 0 Å². The zero-order chi connectivity index (χ0) is 21.9. The highest BCUT2D eigenvalue weighted by Crippen LogP contribution is 2.56. The van der Waals surface area contributed by atoms with Gasteiger partial charge in [0.25, 0.3) is 17.6 Å². The molecule has 0 spiro atoms. The lowest BCUT2D eigenvalue weighted by Crippen LogP contribution is -2.59. The summed E-state index contributed by atoms with van der Waals surface area (Å²) in [5.74, 6) is 1.07. The highest BCUT2D eigenvalue weighted by Gasteiger charge is 2.54. The van der Waals surface area contributed by atoms with Crippen LogP contribution in [0, 0.1) is 17.8 Å².